The molecule has 0 bridgehead atoms. The van der Waals surface area contributed by atoms with E-state index in [1.807, 2.05) is 13.8 Å². The van der Waals surface area contributed by atoms with Gasteiger partial charge in [-0.1, -0.05) is 0 Å². The molecule has 0 atom stereocenters. The lowest BCUT2D eigenvalue weighted by molar-refractivity contribution is -0.145. The Balaban J connectivity index is 1.93. The number of carbonyl (C=O) groups is 3. The SMILES string of the molecule is CCN(CC)C(=O)c1ccc(C(=O)NC2CC(C(=O)O)C2)cc1. The van der Waals surface area contributed by atoms with E-state index in [2.05, 4.69) is 5.32 Å². The lowest BCUT2D eigenvalue weighted by Crippen LogP contribution is -2.46. The molecule has 1 aromatic rings. The van der Waals surface area contributed by atoms with Crippen LogP contribution in [0.2, 0.25) is 0 Å². The van der Waals surface area contributed by atoms with E-state index in [0.29, 0.717) is 37.1 Å². The van der Waals surface area contributed by atoms with Gasteiger partial charge >= 0.3 is 5.97 Å². The van der Waals surface area contributed by atoms with Crippen molar-refractivity contribution in [2.75, 3.05) is 13.1 Å². The summed E-state index contributed by atoms with van der Waals surface area (Å²) in [5.41, 5.74) is 1.03. The number of aliphatic carboxylic acids is 1. The van der Waals surface area contributed by atoms with Crippen LogP contribution in [0, 0.1) is 5.92 Å². The molecule has 6 nitrogen and oxygen atoms in total. The molecule has 1 aromatic carbocycles. The Morgan fingerprint density at radius 3 is 2.09 bits per heavy atom. The first-order valence-electron chi connectivity index (χ1n) is 7.89. The van der Waals surface area contributed by atoms with Gasteiger partial charge in [0.1, 0.15) is 0 Å². The van der Waals surface area contributed by atoms with Crippen molar-refractivity contribution < 1.29 is 19.5 Å². The van der Waals surface area contributed by atoms with Crippen LogP contribution in [0.5, 0.6) is 0 Å². The Labute approximate surface area is 135 Å². The van der Waals surface area contributed by atoms with Gasteiger partial charge in [0.2, 0.25) is 0 Å². The zero-order chi connectivity index (χ0) is 17.0. The Kier molecular flexibility index (Phi) is 5.36. The highest BCUT2D eigenvalue weighted by atomic mass is 16.4. The predicted octanol–water partition coefficient (Wildman–Crippen LogP) is 1.76. The topological polar surface area (TPSA) is 86.7 Å². The van der Waals surface area contributed by atoms with E-state index in [9.17, 15) is 14.4 Å². The maximum Gasteiger partial charge on any atom is 0.306 e. The zero-order valence-corrected chi connectivity index (χ0v) is 13.4. The quantitative estimate of drug-likeness (QED) is 0.837. The Bertz CT molecular complexity index is 587. The number of amides is 2. The van der Waals surface area contributed by atoms with Gasteiger partial charge in [0, 0.05) is 30.3 Å². The number of hydrogen-bond acceptors (Lipinski definition) is 3. The van der Waals surface area contributed by atoms with Crippen LogP contribution in [-0.4, -0.2) is 46.9 Å². The molecular formula is C17H22N2O4. The first-order chi connectivity index (χ1) is 11.0. The predicted molar refractivity (Wildman–Crippen MR) is 85.3 cm³/mol. The van der Waals surface area contributed by atoms with Crippen LogP contribution in [0.25, 0.3) is 0 Å². The molecule has 1 aliphatic rings. The van der Waals surface area contributed by atoms with E-state index in [1.54, 1.807) is 29.2 Å². The Morgan fingerprint density at radius 1 is 1.09 bits per heavy atom. The van der Waals surface area contributed by atoms with Gasteiger partial charge < -0.3 is 15.3 Å². The van der Waals surface area contributed by atoms with E-state index in [-0.39, 0.29) is 23.8 Å². The molecule has 0 saturated heterocycles. The Hall–Kier alpha value is -2.37. The van der Waals surface area contributed by atoms with Crippen molar-refractivity contribution >= 4 is 17.8 Å². The lowest BCUT2D eigenvalue weighted by Gasteiger charge is -2.32. The van der Waals surface area contributed by atoms with Crippen LogP contribution in [0.15, 0.2) is 24.3 Å². The minimum absolute atomic E-state index is 0.0507. The molecule has 2 amide bonds. The van der Waals surface area contributed by atoms with Crippen molar-refractivity contribution in [2.45, 2.75) is 32.7 Å². The van der Waals surface area contributed by atoms with Gasteiger partial charge in [0.15, 0.2) is 0 Å². The van der Waals surface area contributed by atoms with Crippen molar-refractivity contribution in [2.24, 2.45) is 5.92 Å². The summed E-state index contributed by atoms with van der Waals surface area (Å²) in [5.74, 6) is -1.45. The van der Waals surface area contributed by atoms with Crippen molar-refractivity contribution in [3.8, 4) is 0 Å². The minimum Gasteiger partial charge on any atom is -0.481 e. The van der Waals surface area contributed by atoms with Crippen LogP contribution < -0.4 is 5.32 Å². The number of benzene rings is 1. The lowest BCUT2D eigenvalue weighted by atomic mass is 9.80. The second kappa shape index (κ2) is 7.26. The highest BCUT2D eigenvalue weighted by Gasteiger charge is 2.35. The van der Waals surface area contributed by atoms with Crippen molar-refractivity contribution in [3.63, 3.8) is 0 Å². The number of carboxylic acid groups (broad SMARTS) is 1. The third kappa shape index (κ3) is 3.88. The van der Waals surface area contributed by atoms with E-state index in [1.165, 1.54) is 0 Å². The van der Waals surface area contributed by atoms with E-state index in [4.69, 9.17) is 5.11 Å². The molecule has 124 valence electrons. The minimum atomic E-state index is -0.810. The fourth-order valence-corrected chi connectivity index (χ4v) is 2.66. The summed E-state index contributed by atoms with van der Waals surface area (Å²) in [6.07, 6.45) is 0.944. The molecule has 0 spiro atoms. The summed E-state index contributed by atoms with van der Waals surface area (Å²) >= 11 is 0. The summed E-state index contributed by atoms with van der Waals surface area (Å²) < 4.78 is 0. The van der Waals surface area contributed by atoms with Gasteiger partial charge in [-0.3, -0.25) is 14.4 Å². The number of nitrogens with zero attached hydrogens (tertiary/aromatic N) is 1. The third-order valence-electron chi connectivity index (χ3n) is 4.27. The summed E-state index contributed by atoms with van der Waals surface area (Å²) in [4.78, 5) is 36.7. The molecule has 0 unspecified atom stereocenters. The first kappa shape index (κ1) is 17.0. The summed E-state index contributed by atoms with van der Waals surface area (Å²) in [6.45, 7) is 5.13. The maximum atomic E-state index is 12.2. The first-order valence-corrected chi connectivity index (χ1v) is 7.89. The second-order valence-electron chi connectivity index (χ2n) is 5.73. The van der Waals surface area contributed by atoms with Crippen molar-refractivity contribution in [1.29, 1.82) is 0 Å². The molecule has 1 fully saturated rings. The number of carbonyl (C=O) groups excluding carboxylic acids is 2. The molecular weight excluding hydrogens is 296 g/mol. The van der Waals surface area contributed by atoms with Crippen LogP contribution in [0.1, 0.15) is 47.4 Å². The molecule has 0 aliphatic heterocycles. The molecule has 2 N–H and O–H groups in total. The van der Waals surface area contributed by atoms with E-state index >= 15 is 0 Å². The van der Waals surface area contributed by atoms with Crippen LogP contribution >= 0.6 is 0 Å². The van der Waals surface area contributed by atoms with Crippen molar-refractivity contribution in [1.82, 2.24) is 10.2 Å². The van der Waals surface area contributed by atoms with E-state index in [0.717, 1.165) is 0 Å². The molecule has 1 aliphatic carbocycles. The van der Waals surface area contributed by atoms with Gasteiger partial charge in [-0.15, -0.1) is 0 Å². The standard InChI is InChI=1S/C17H22N2O4/c1-3-19(4-2)16(21)12-7-5-11(6-8-12)15(20)18-14-9-13(10-14)17(22)23/h5-8,13-14H,3-4,9-10H2,1-2H3,(H,18,20)(H,22,23). The summed E-state index contributed by atoms with van der Waals surface area (Å²) in [6, 6.07) is 6.46. The monoisotopic (exact) mass is 318 g/mol. The Morgan fingerprint density at radius 2 is 1.61 bits per heavy atom. The number of nitrogens with one attached hydrogen (secondary N) is 1. The normalized spacial score (nSPS) is 19.6. The highest BCUT2D eigenvalue weighted by molar-refractivity contribution is 5.98. The second-order valence-corrected chi connectivity index (χ2v) is 5.73. The number of carboxylic acids is 1. The molecule has 23 heavy (non-hydrogen) atoms. The van der Waals surface area contributed by atoms with Gasteiger partial charge in [-0.05, 0) is 51.0 Å². The molecule has 0 aromatic heterocycles. The van der Waals surface area contributed by atoms with Crippen LogP contribution in [0.3, 0.4) is 0 Å². The van der Waals surface area contributed by atoms with Gasteiger partial charge in [-0.2, -0.15) is 0 Å². The summed E-state index contributed by atoms with van der Waals surface area (Å²) in [5, 5.41) is 11.6. The zero-order valence-electron chi connectivity index (χ0n) is 13.4. The molecule has 0 heterocycles. The fraction of sp³-hybridized carbons (Fsp3) is 0.471. The van der Waals surface area contributed by atoms with E-state index < -0.39 is 5.97 Å². The summed E-state index contributed by atoms with van der Waals surface area (Å²) in [7, 11) is 0. The molecule has 1 saturated carbocycles. The number of hydrogen-bond donors (Lipinski definition) is 2. The largest absolute Gasteiger partial charge is 0.481 e. The molecule has 6 heteroatoms. The average Bonchev–Trinajstić information content (AvgIpc) is 2.51. The van der Waals surface area contributed by atoms with Crippen LogP contribution in [-0.2, 0) is 4.79 Å². The average molecular weight is 318 g/mol. The molecule has 0 radical (unpaired) electrons. The van der Waals surface area contributed by atoms with Gasteiger partial charge in [0.25, 0.3) is 11.8 Å². The van der Waals surface area contributed by atoms with Crippen LogP contribution in [0.4, 0.5) is 0 Å². The smallest absolute Gasteiger partial charge is 0.306 e. The molecule has 2 rings (SSSR count). The van der Waals surface area contributed by atoms with Gasteiger partial charge in [0.05, 0.1) is 5.92 Å². The third-order valence-corrected chi connectivity index (χ3v) is 4.27. The van der Waals surface area contributed by atoms with Crippen molar-refractivity contribution in [3.05, 3.63) is 35.4 Å². The highest BCUT2D eigenvalue weighted by Crippen LogP contribution is 2.27. The van der Waals surface area contributed by atoms with Gasteiger partial charge in [-0.25, -0.2) is 0 Å². The number of rotatable bonds is 6. The fourth-order valence-electron chi connectivity index (χ4n) is 2.66. The maximum absolute atomic E-state index is 12.2.